The minimum absolute atomic E-state index is 0. The maximum Gasteiger partial charge on any atom is 0.117 e. The lowest BCUT2D eigenvalue weighted by Crippen LogP contribution is -3.00. The van der Waals surface area contributed by atoms with Gasteiger partial charge in [0.15, 0.2) is 0 Å². The molecule has 0 aromatic carbocycles. The van der Waals surface area contributed by atoms with E-state index >= 15 is 0 Å². The van der Waals surface area contributed by atoms with Gasteiger partial charge in [0.2, 0.25) is 0 Å². The Morgan fingerprint density at radius 2 is 1.67 bits per heavy atom. The van der Waals surface area contributed by atoms with Gasteiger partial charge in [0.1, 0.15) is 6.10 Å². The van der Waals surface area contributed by atoms with Crippen LogP contribution in [0.3, 0.4) is 0 Å². The maximum absolute atomic E-state index is 5.49. The first-order valence-electron chi connectivity index (χ1n) is 3.08. The first kappa shape index (κ1) is 9.21. The van der Waals surface area contributed by atoms with Gasteiger partial charge in [-0.25, -0.2) is 4.84 Å². The van der Waals surface area contributed by atoms with Gasteiger partial charge in [-0.3, -0.25) is 0 Å². The molecule has 2 nitrogen and oxygen atoms in total. The van der Waals surface area contributed by atoms with E-state index in [1.165, 1.54) is 12.8 Å². The number of nitrogens with zero attached hydrogens (tertiary/aromatic N) is 1. The molecule has 0 aromatic rings. The van der Waals surface area contributed by atoms with E-state index in [0.717, 1.165) is 0 Å². The fourth-order valence-electron chi connectivity index (χ4n) is 0.621. The second-order valence-electron chi connectivity index (χ2n) is 3.19. The summed E-state index contributed by atoms with van der Waals surface area (Å²) in [6.45, 7) is 0. The molecule has 0 bridgehead atoms. The summed E-state index contributed by atoms with van der Waals surface area (Å²) in [5.41, 5.74) is 0. The zero-order chi connectivity index (χ0) is 6.20. The summed E-state index contributed by atoms with van der Waals surface area (Å²) < 4.78 is 0.644. The zero-order valence-electron chi connectivity index (χ0n) is 6.22. The number of halogens is 1. The highest BCUT2D eigenvalue weighted by molar-refractivity contribution is 4.70. The SMILES string of the molecule is C[N+](C)(C)OC1CC1.[Cl-]. The highest BCUT2D eigenvalue weighted by atomic mass is 35.5. The number of hydrogen-bond acceptors (Lipinski definition) is 1. The molecule has 1 fully saturated rings. The lowest BCUT2D eigenvalue weighted by atomic mass is 10.8. The first-order chi connectivity index (χ1) is 3.58. The largest absolute Gasteiger partial charge is 1.00 e. The average molecular weight is 152 g/mol. The fourth-order valence-corrected chi connectivity index (χ4v) is 0.621. The molecule has 0 aliphatic heterocycles. The molecule has 0 spiro atoms. The lowest BCUT2D eigenvalue weighted by Gasteiger charge is -2.20. The molecular weight excluding hydrogens is 138 g/mol. The first-order valence-corrected chi connectivity index (χ1v) is 3.08. The monoisotopic (exact) mass is 151 g/mol. The normalized spacial score (nSPS) is 19.0. The van der Waals surface area contributed by atoms with Gasteiger partial charge in [-0.2, -0.15) is 4.65 Å². The van der Waals surface area contributed by atoms with Gasteiger partial charge in [0.25, 0.3) is 0 Å². The van der Waals surface area contributed by atoms with Crippen LogP contribution in [-0.2, 0) is 4.84 Å². The third-order valence-electron chi connectivity index (χ3n) is 0.990. The summed E-state index contributed by atoms with van der Waals surface area (Å²) in [7, 11) is 6.12. The molecule has 1 aliphatic rings. The Labute approximate surface area is 62.7 Å². The number of quaternary nitrogens is 1. The van der Waals surface area contributed by atoms with Gasteiger partial charge in [0.05, 0.1) is 21.1 Å². The van der Waals surface area contributed by atoms with Crippen molar-refractivity contribution in [3.63, 3.8) is 0 Å². The number of hydrogen-bond donors (Lipinski definition) is 0. The van der Waals surface area contributed by atoms with Crippen molar-refractivity contribution in [3.8, 4) is 0 Å². The van der Waals surface area contributed by atoms with Crippen molar-refractivity contribution in [1.29, 1.82) is 0 Å². The second-order valence-corrected chi connectivity index (χ2v) is 3.19. The van der Waals surface area contributed by atoms with Crippen molar-refractivity contribution in [2.24, 2.45) is 0 Å². The van der Waals surface area contributed by atoms with E-state index in [1.54, 1.807) is 0 Å². The predicted octanol–water partition coefficient (Wildman–Crippen LogP) is -2.21. The molecule has 0 saturated heterocycles. The van der Waals surface area contributed by atoms with Crippen LogP contribution in [0, 0.1) is 0 Å². The molecule has 0 atom stereocenters. The van der Waals surface area contributed by atoms with E-state index in [2.05, 4.69) is 0 Å². The Morgan fingerprint density at radius 1 is 1.22 bits per heavy atom. The smallest absolute Gasteiger partial charge is 0.117 e. The summed E-state index contributed by atoms with van der Waals surface area (Å²) in [6.07, 6.45) is 3.08. The van der Waals surface area contributed by atoms with E-state index in [-0.39, 0.29) is 12.4 Å². The summed E-state index contributed by atoms with van der Waals surface area (Å²) in [4.78, 5) is 5.49. The molecule has 3 heteroatoms. The van der Waals surface area contributed by atoms with Crippen molar-refractivity contribution in [1.82, 2.24) is 0 Å². The zero-order valence-corrected chi connectivity index (χ0v) is 6.98. The molecule has 0 N–H and O–H groups in total. The predicted molar refractivity (Wildman–Crippen MR) is 32.1 cm³/mol. The second kappa shape index (κ2) is 2.86. The van der Waals surface area contributed by atoms with Crippen LogP contribution < -0.4 is 12.4 Å². The molecule has 1 saturated carbocycles. The standard InChI is InChI=1S/C6H14NO.ClH/c1-7(2,3)8-6-4-5-6;/h6H,4-5H2,1-3H3;1H/q+1;/p-1. The van der Waals surface area contributed by atoms with Crippen LogP contribution in [0.4, 0.5) is 0 Å². The van der Waals surface area contributed by atoms with E-state index in [4.69, 9.17) is 4.84 Å². The highest BCUT2D eigenvalue weighted by Gasteiger charge is 2.29. The van der Waals surface area contributed by atoms with Crippen molar-refractivity contribution >= 4 is 0 Å². The van der Waals surface area contributed by atoms with Crippen molar-refractivity contribution in [2.75, 3.05) is 21.1 Å². The van der Waals surface area contributed by atoms with Crippen LogP contribution in [0.25, 0.3) is 0 Å². The summed E-state index contributed by atoms with van der Waals surface area (Å²) >= 11 is 0. The molecule has 0 heterocycles. The van der Waals surface area contributed by atoms with E-state index in [9.17, 15) is 0 Å². The van der Waals surface area contributed by atoms with Crippen LogP contribution in [0.5, 0.6) is 0 Å². The van der Waals surface area contributed by atoms with Crippen LogP contribution in [0.1, 0.15) is 12.8 Å². The number of hydroxylamine groups is 3. The average Bonchev–Trinajstić information content (AvgIpc) is 2.12. The summed E-state index contributed by atoms with van der Waals surface area (Å²) in [6, 6.07) is 0. The summed E-state index contributed by atoms with van der Waals surface area (Å²) in [5, 5.41) is 0. The van der Waals surface area contributed by atoms with Gasteiger partial charge < -0.3 is 12.4 Å². The minimum Gasteiger partial charge on any atom is -1.00 e. The van der Waals surface area contributed by atoms with E-state index < -0.39 is 0 Å². The lowest BCUT2D eigenvalue weighted by molar-refractivity contribution is -1.06. The Morgan fingerprint density at radius 3 is 1.78 bits per heavy atom. The van der Waals surface area contributed by atoms with Crippen LogP contribution in [-0.4, -0.2) is 31.9 Å². The topological polar surface area (TPSA) is 9.23 Å². The van der Waals surface area contributed by atoms with Crippen molar-refractivity contribution in [3.05, 3.63) is 0 Å². The van der Waals surface area contributed by atoms with Gasteiger partial charge in [0, 0.05) is 0 Å². The molecule has 0 radical (unpaired) electrons. The Bertz CT molecular complexity index is 85.5. The Hall–Kier alpha value is 0.210. The third-order valence-corrected chi connectivity index (χ3v) is 0.990. The molecule has 56 valence electrons. The van der Waals surface area contributed by atoms with Gasteiger partial charge in [-0.1, -0.05) is 0 Å². The van der Waals surface area contributed by atoms with Crippen molar-refractivity contribution < 1.29 is 21.9 Å². The molecule has 1 aliphatic carbocycles. The minimum atomic E-state index is 0. The molecule has 0 amide bonds. The molecule has 0 unspecified atom stereocenters. The molecule has 1 rings (SSSR count). The van der Waals surface area contributed by atoms with Gasteiger partial charge in [-0.05, 0) is 12.8 Å². The highest BCUT2D eigenvalue weighted by Crippen LogP contribution is 2.25. The van der Waals surface area contributed by atoms with Crippen LogP contribution in [0.2, 0.25) is 0 Å². The molecule has 9 heavy (non-hydrogen) atoms. The van der Waals surface area contributed by atoms with Gasteiger partial charge >= 0.3 is 0 Å². The maximum atomic E-state index is 5.49. The van der Waals surface area contributed by atoms with Crippen LogP contribution >= 0.6 is 0 Å². The quantitative estimate of drug-likeness (QED) is 0.321. The molecular formula is C6H14ClNO. The Kier molecular flexibility index (Phi) is 2.93. The third kappa shape index (κ3) is 4.70. The van der Waals surface area contributed by atoms with E-state index in [1.807, 2.05) is 21.1 Å². The summed E-state index contributed by atoms with van der Waals surface area (Å²) in [5.74, 6) is 0. The molecule has 0 aromatic heterocycles. The fraction of sp³-hybridized carbons (Fsp3) is 1.00. The van der Waals surface area contributed by atoms with E-state index in [0.29, 0.717) is 10.8 Å². The number of rotatable bonds is 2. The van der Waals surface area contributed by atoms with Crippen LogP contribution in [0.15, 0.2) is 0 Å². The Balaban J connectivity index is 0.000000640. The van der Waals surface area contributed by atoms with Gasteiger partial charge in [-0.15, -0.1) is 0 Å². The van der Waals surface area contributed by atoms with Crippen molar-refractivity contribution in [2.45, 2.75) is 18.9 Å².